The first-order valence-electron chi connectivity index (χ1n) is 7.41. The van der Waals surface area contributed by atoms with E-state index in [0.717, 1.165) is 19.6 Å². The molecule has 2 aliphatic heterocycles. The SMILES string of the molecule is C=CCCCN1CC[C@@H]2OCc3ccccc3[C@H]2C1. The van der Waals surface area contributed by atoms with Crippen LogP contribution in [-0.4, -0.2) is 30.6 Å². The Balaban J connectivity index is 1.69. The molecule has 3 rings (SSSR count). The highest BCUT2D eigenvalue weighted by atomic mass is 16.5. The van der Waals surface area contributed by atoms with Gasteiger partial charge in [0.15, 0.2) is 0 Å². The first kappa shape index (κ1) is 12.9. The summed E-state index contributed by atoms with van der Waals surface area (Å²) in [4.78, 5) is 2.59. The Bertz CT molecular complexity index is 443. The maximum absolute atomic E-state index is 6.04. The number of allylic oxidation sites excluding steroid dienone is 1. The fourth-order valence-corrected chi connectivity index (χ4v) is 3.38. The Morgan fingerprint density at radius 1 is 1.37 bits per heavy atom. The van der Waals surface area contributed by atoms with Gasteiger partial charge in [-0.05, 0) is 36.9 Å². The molecule has 2 aliphatic rings. The molecule has 0 N–H and O–H groups in total. The number of hydrogen-bond acceptors (Lipinski definition) is 2. The van der Waals surface area contributed by atoms with E-state index in [0.29, 0.717) is 12.0 Å². The highest BCUT2D eigenvalue weighted by molar-refractivity contribution is 5.33. The van der Waals surface area contributed by atoms with E-state index in [-0.39, 0.29) is 0 Å². The summed E-state index contributed by atoms with van der Waals surface area (Å²) in [5.41, 5.74) is 2.91. The van der Waals surface area contributed by atoms with Crippen molar-refractivity contribution < 1.29 is 4.74 Å². The Labute approximate surface area is 116 Å². The average Bonchev–Trinajstić information content (AvgIpc) is 2.47. The third-order valence-corrected chi connectivity index (χ3v) is 4.42. The molecular weight excluding hydrogens is 234 g/mol. The van der Waals surface area contributed by atoms with Gasteiger partial charge < -0.3 is 9.64 Å². The van der Waals surface area contributed by atoms with E-state index in [1.165, 1.54) is 37.1 Å². The van der Waals surface area contributed by atoms with Crippen LogP contribution in [-0.2, 0) is 11.3 Å². The predicted octanol–water partition coefficient (Wildman–Crippen LogP) is 3.34. The zero-order chi connectivity index (χ0) is 13.1. The normalized spacial score (nSPS) is 26.5. The molecule has 0 bridgehead atoms. The topological polar surface area (TPSA) is 12.5 Å². The minimum atomic E-state index is 0.436. The zero-order valence-corrected chi connectivity index (χ0v) is 11.6. The molecule has 0 unspecified atom stereocenters. The van der Waals surface area contributed by atoms with Crippen molar-refractivity contribution in [3.8, 4) is 0 Å². The van der Waals surface area contributed by atoms with Crippen LogP contribution in [0.25, 0.3) is 0 Å². The second kappa shape index (κ2) is 5.89. The summed E-state index contributed by atoms with van der Waals surface area (Å²) in [5, 5.41) is 0. The molecule has 0 radical (unpaired) electrons. The zero-order valence-electron chi connectivity index (χ0n) is 11.6. The lowest BCUT2D eigenvalue weighted by atomic mass is 9.83. The molecule has 0 aliphatic carbocycles. The Morgan fingerprint density at radius 2 is 2.26 bits per heavy atom. The number of rotatable bonds is 4. The molecule has 0 spiro atoms. The van der Waals surface area contributed by atoms with Crippen LogP contribution in [0.2, 0.25) is 0 Å². The average molecular weight is 257 g/mol. The van der Waals surface area contributed by atoms with E-state index in [4.69, 9.17) is 4.74 Å². The number of benzene rings is 1. The highest BCUT2D eigenvalue weighted by Crippen LogP contribution is 2.36. The van der Waals surface area contributed by atoms with Crippen LogP contribution >= 0.6 is 0 Å². The minimum Gasteiger partial charge on any atom is -0.373 e. The van der Waals surface area contributed by atoms with Crippen LogP contribution in [0.15, 0.2) is 36.9 Å². The van der Waals surface area contributed by atoms with Crippen LogP contribution in [0.1, 0.15) is 36.3 Å². The number of ether oxygens (including phenoxy) is 1. The van der Waals surface area contributed by atoms with Gasteiger partial charge in [-0.2, -0.15) is 0 Å². The highest BCUT2D eigenvalue weighted by Gasteiger charge is 2.34. The van der Waals surface area contributed by atoms with Gasteiger partial charge in [0.05, 0.1) is 12.7 Å². The van der Waals surface area contributed by atoms with Crippen molar-refractivity contribution in [1.82, 2.24) is 4.90 Å². The summed E-state index contributed by atoms with van der Waals surface area (Å²) >= 11 is 0. The summed E-state index contributed by atoms with van der Waals surface area (Å²) < 4.78 is 6.04. The van der Waals surface area contributed by atoms with Crippen molar-refractivity contribution in [3.05, 3.63) is 48.0 Å². The Morgan fingerprint density at radius 3 is 3.16 bits per heavy atom. The van der Waals surface area contributed by atoms with Gasteiger partial charge in [0.25, 0.3) is 0 Å². The largest absolute Gasteiger partial charge is 0.373 e. The summed E-state index contributed by atoms with van der Waals surface area (Å²) in [6.07, 6.45) is 5.98. The smallest absolute Gasteiger partial charge is 0.0723 e. The molecule has 102 valence electrons. The number of piperidine rings is 1. The molecule has 0 saturated carbocycles. The van der Waals surface area contributed by atoms with E-state index >= 15 is 0 Å². The van der Waals surface area contributed by atoms with Gasteiger partial charge in [-0.1, -0.05) is 30.3 Å². The van der Waals surface area contributed by atoms with Crippen molar-refractivity contribution in [2.45, 2.75) is 37.9 Å². The van der Waals surface area contributed by atoms with E-state index < -0.39 is 0 Å². The molecular formula is C17H23NO. The van der Waals surface area contributed by atoms with Crippen LogP contribution in [0.4, 0.5) is 0 Å². The number of likely N-dealkylation sites (tertiary alicyclic amines) is 1. The van der Waals surface area contributed by atoms with E-state index in [1.54, 1.807) is 0 Å². The summed E-state index contributed by atoms with van der Waals surface area (Å²) in [7, 11) is 0. The summed E-state index contributed by atoms with van der Waals surface area (Å²) in [5.74, 6) is 0.572. The number of fused-ring (bicyclic) bond motifs is 3. The second-order valence-electron chi connectivity index (χ2n) is 5.67. The van der Waals surface area contributed by atoms with Gasteiger partial charge in [-0.25, -0.2) is 0 Å². The third-order valence-electron chi connectivity index (χ3n) is 4.42. The molecule has 19 heavy (non-hydrogen) atoms. The maximum atomic E-state index is 6.04. The molecule has 1 saturated heterocycles. The fraction of sp³-hybridized carbons (Fsp3) is 0.529. The van der Waals surface area contributed by atoms with Gasteiger partial charge in [0.1, 0.15) is 0 Å². The van der Waals surface area contributed by atoms with Gasteiger partial charge in [0.2, 0.25) is 0 Å². The number of unbranched alkanes of at least 4 members (excludes halogenated alkanes) is 1. The Hall–Kier alpha value is -1.12. The van der Waals surface area contributed by atoms with E-state index in [9.17, 15) is 0 Å². The van der Waals surface area contributed by atoms with Crippen molar-refractivity contribution in [2.24, 2.45) is 0 Å². The van der Waals surface area contributed by atoms with E-state index in [2.05, 4.69) is 35.7 Å². The molecule has 2 heterocycles. The van der Waals surface area contributed by atoms with Gasteiger partial charge in [-0.15, -0.1) is 6.58 Å². The molecule has 1 fully saturated rings. The molecule has 2 nitrogen and oxygen atoms in total. The lowest BCUT2D eigenvalue weighted by Crippen LogP contribution is -2.45. The standard InChI is InChI=1S/C17H23NO/c1-2-3-6-10-18-11-9-17-16(12-18)15-8-5-4-7-14(15)13-19-17/h2,4-5,7-8,16-17H,1,3,6,9-13H2/t16-,17+/m1/s1. The summed E-state index contributed by atoms with van der Waals surface area (Å²) in [6.45, 7) is 8.12. The van der Waals surface area contributed by atoms with Gasteiger partial charge in [-0.3, -0.25) is 0 Å². The van der Waals surface area contributed by atoms with Crippen molar-refractivity contribution in [2.75, 3.05) is 19.6 Å². The molecule has 1 aromatic rings. The van der Waals surface area contributed by atoms with Crippen LogP contribution < -0.4 is 0 Å². The monoisotopic (exact) mass is 257 g/mol. The van der Waals surface area contributed by atoms with Crippen molar-refractivity contribution in [3.63, 3.8) is 0 Å². The first-order chi connectivity index (χ1) is 9.38. The van der Waals surface area contributed by atoms with Crippen LogP contribution in [0.5, 0.6) is 0 Å². The van der Waals surface area contributed by atoms with E-state index in [1.807, 2.05) is 6.08 Å². The van der Waals surface area contributed by atoms with Gasteiger partial charge >= 0.3 is 0 Å². The number of hydrogen-bond donors (Lipinski definition) is 0. The maximum Gasteiger partial charge on any atom is 0.0723 e. The quantitative estimate of drug-likeness (QED) is 0.606. The van der Waals surface area contributed by atoms with Crippen molar-refractivity contribution >= 4 is 0 Å². The molecule has 0 aromatic heterocycles. The van der Waals surface area contributed by atoms with Gasteiger partial charge in [0, 0.05) is 19.0 Å². The Kier molecular flexibility index (Phi) is 4.00. The molecule has 2 atom stereocenters. The number of nitrogens with zero attached hydrogens (tertiary/aromatic N) is 1. The molecule has 0 amide bonds. The van der Waals surface area contributed by atoms with Crippen LogP contribution in [0, 0.1) is 0 Å². The minimum absolute atomic E-state index is 0.436. The third kappa shape index (κ3) is 2.75. The van der Waals surface area contributed by atoms with Crippen molar-refractivity contribution in [1.29, 1.82) is 0 Å². The molecule has 2 heteroatoms. The fourth-order valence-electron chi connectivity index (χ4n) is 3.38. The first-order valence-corrected chi connectivity index (χ1v) is 7.41. The van der Waals surface area contributed by atoms with Crippen LogP contribution in [0.3, 0.4) is 0 Å². The lowest BCUT2D eigenvalue weighted by molar-refractivity contribution is -0.0311. The molecule has 1 aromatic carbocycles. The second-order valence-corrected chi connectivity index (χ2v) is 5.67. The lowest BCUT2D eigenvalue weighted by Gasteiger charge is -2.42. The summed E-state index contributed by atoms with van der Waals surface area (Å²) in [6, 6.07) is 8.79. The predicted molar refractivity (Wildman–Crippen MR) is 78.2 cm³/mol.